The second-order valence-corrected chi connectivity index (χ2v) is 9.87. The van der Waals surface area contributed by atoms with E-state index in [4.69, 9.17) is 5.73 Å². The Balaban J connectivity index is 2.23. The lowest BCUT2D eigenvalue weighted by Crippen LogP contribution is -1.98. The van der Waals surface area contributed by atoms with Crippen molar-refractivity contribution in [3.8, 4) is 5.75 Å². The number of nitrogens with zero attached hydrogens (tertiary/aromatic N) is 2. The van der Waals surface area contributed by atoms with Crippen LogP contribution in [0.15, 0.2) is 62.5 Å². The Labute approximate surface area is 167 Å². The predicted molar refractivity (Wildman–Crippen MR) is 108 cm³/mol. The van der Waals surface area contributed by atoms with Gasteiger partial charge in [0.2, 0.25) is 0 Å². The molecule has 0 aliphatic carbocycles. The monoisotopic (exact) mass is 435 g/mol. The van der Waals surface area contributed by atoms with Crippen molar-refractivity contribution >= 4 is 47.8 Å². The number of phenols is 1. The van der Waals surface area contributed by atoms with Gasteiger partial charge in [0.05, 0.1) is 16.0 Å². The van der Waals surface area contributed by atoms with Crippen LogP contribution in [0, 0.1) is 6.92 Å². The molecule has 0 unspecified atom stereocenters. The topological polar surface area (TPSA) is 159 Å². The van der Waals surface area contributed by atoms with Crippen molar-refractivity contribution in [2.45, 2.75) is 16.7 Å². The maximum atomic E-state index is 11.8. The standard InChI is InChI=1S/C18H17N3O6S2/c1-10-3-6-14(16(7-10)29(25,26)27)20-21-18-13(19)5-4-11-8-12(28(2,23)24)9-15(22)17(11)18/h3-9,22H,19H2,1-2H3,(H,25,26,27). The lowest BCUT2D eigenvalue weighted by atomic mass is 10.1. The van der Waals surface area contributed by atoms with E-state index >= 15 is 0 Å². The minimum atomic E-state index is -4.54. The number of fused-ring (bicyclic) bond motifs is 1. The van der Waals surface area contributed by atoms with E-state index < -0.39 is 24.9 Å². The van der Waals surface area contributed by atoms with Crippen molar-refractivity contribution < 1.29 is 26.5 Å². The first kappa shape index (κ1) is 20.7. The van der Waals surface area contributed by atoms with Crippen LogP contribution < -0.4 is 5.73 Å². The van der Waals surface area contributed by atoms with Crippen molar-refractivity contribution in [1.82, 2.24) is 0 Å². The molecule has 3 rings (SSSR count). The largest absolute Gasteiger partial charge is 0.507 e. The average molecular weight is 435 g/mol. The van der Waals surface area contributed by atoms with Gasteiger partial charge in [0.15, 0.2) is 9.84 Å². The fourth-order valence-electron chi connectivity index (χ4n) is 2.75. The summed E-state index contributed by atoms with van der Waals surface area (Å²) in [5.41, 5.74) is 6.57. The summed E-state index contributed by atoms with van der Waals surface area (Å²) in [5, 5.41) is 18.7. The van der Waals surface area contributed by atoms with Gasteiger partial charge in [0, 0.05) is 6.26 Å². The number of benzene rings is 3. The molecule has 0 saturated carbocycles. The zero-order chi connectivity index (χ0) is 21.6. The van der Waals surface area contributed by atoms with Crippen molar-refractivity contribution in [2.24, 2.45) is 10.2 Å². The van der Waals surface area contributed by atoms with Gasteiger partial charge in [-0.05, 0) is 48.2 Å². The van der Waals surface area contributed by atoms with E-state index in [1.807, 2.05) is 0 Å². The number of nitrogen functional groups attached to an aromatic ring is 1. The molecule has 0 aromatic heterocycles. The molecule has 4 N–H and O–H groups in total. The first-order valence-corrected chi connectivity index (χ1v) is 11.5. The van der Waals surface area contributed by atoms with E-state index in [0.29, 0.717) is 10.9 Å². The quantitative estimate of drug-likeness (QED) is 0.321. The maximum absolute atomic E-state index is 11.8. The van der Waals surface area contributed by atoms with Crippen molar-refractivity contribution in [3.63, 3.8) is 0 Å². The van der Waals surface area contributed by atoms with E-state index in [1.54, 1.807) is 13.0 Å². The Morgan fingerprint density at radius 3 is 2.28 bits per heavy atom. The number of aromatic hydroxyl groups is 1. The van der Waals surface area contributed by atoms with Crippen LogP contribution in [0.1, 0.15) is 5.56 Å². The van der Waals surface area contributed by atoms with Crippen LogP contribution in [0.2, 0.25) is 0 Å². The zero-order valence-electron chi connectivity index (χ0n) is 15.4. The van der Waals surface area contributed by atoms with E-state index in [0.717, 1.165) is 12.3 Å². The Hall–Kier alpha value is -3.02. The molecular formula is C18H17N3O6S2. The van der Waals surface area contributed by atoms with Crippen LogP contribution in [0.3, 0.4) is 0 Å². The number of hydrogen-bond donors (Lipinski definition) is 3. The number of nitrogens with two attached hydrogens (primary N) is 1. The molecular weight excluding hydrogens is 418 g/mol. The van der Waals surface area contributed by atoms with E-state index in [2.05, 4.69) is 10.2 Å². The first-order valence-electron chi connectivity index (χ1n) is 8.13. The minimum Gasteiger partial charge on any atom is -0.507 e. The third-order valence-electron chi connectivity index (χ3n) is 4.15. The second-order valence-electron chi connectivity index (χ2n) is 6.46. The van der Waals surface area contributed by atoms with Gasteiger partial charge in [-0.3, -0.25) is 4.55 Å². The Morgan fingerprint density at radius 1 is 0.966 bits per heavy atom. The fraction of sp³-hybridized carbons (Fsp3) is 0.111. The number of sulfone groups is 1. The highest BCUT2D eigenvalue weighted by Gasteiger charge is 2.18. The van der Waals surface area contributed by atoms with E-state index in [9.17, 15) is 26.5 Å². The second kappa shape index (κ2) is 7.10. The Kier molecular flexibility index (Phi) is 5.07. The van der Waals surface area contributed by atoms with Gasteiger partial charge >= 0.3 is 0 Å². The van der Waals surface area contributed by atoms with Crippen LogP contribution in [-0.2, 0) is 20.0 Å². The van der Waals surface area contributed by atoms with Crippen LogP contribution in [-0.4, -0.2) is 32.8 Å². The number of rotatable bonds is 4. The van der Waals surface area contributed by atoms with E-state index in [1.165, 1.54) is 30.3 Å². The van der Waals surface area contributed by atoms with Gasteiger partial charge in [0.25, 0.3) is 10.1 Å². The highest BCUT2D eigenvalue weighted by molar-refractivity contribution is 7.90. The summed E-state index contributed by atoms with van der Waals surface area (Å²) in [6.07, 6.45) is 1.01. The number of anilines is 1. The van der Waals surface area contributed by atoms with Crippen LogP contribution in [0.5, 0.6) is 5.75 Å². The van der Waals surface area contributed by atoms with Gasteiger partial charge in [-0.25, -0.2) is 8.42 Å². The zero-order valence-corrected chi connectivity index (χ0v) is 17.0. The number of azo groups is 1. The molecule has 0 fully saturated rings. The van der Waals surface area contributed by atoms with Crippen LogP contribution in [0.25, 0.3) is 10.8 Å². The molecule has 0 aliphatic heterocycles. The number of phenolic OH excluding ortho intramolecular Hbond substituents is 1. The molecule has 152 valence electrons. The molecule has 29 heavy (non-hydrogen) atoms. The Bertz CT molecular complexity index is 1380. The molecule has 0 bridgehead atoms. The highest BCUT2D eigenvalue weighted by atomic mass is 32.2. The van der Waals surface area contributed by atoms with Crippen molar-refractivity contribution in [3.05, 3.63) is 48.0 Å². The van der Waals surface area contributed by atoms with E-state index in [-0.39, 0.29) is 33.1 Å². The first-order chi connectivity index (χ1) is 13.4. The third kappa shape index (κ3) is 4.21. The van der Waals surface area contributed by atoms with Crippen molar-refractivity contribution in [1.29, 1.82) is 0 Å². The normalized spacial score (nSPS) is 12.7. The lowest BCUT2D eigenvalue weighted by molar-refractivity contribution is 0.479. The molecule has 3 aromatic carbocycles. The van der Waals surface area contributed by atoms with Gasteiger partial charge in [0.1, 0.15) is 22.0 Å². The highest BCUT2D eigenvalue weighted by Crippen LogP contribution is 2.40. The predicted octanol–water partition coefficient (Wildman–Crippen LogP) is 3.50. The van der Waals surface area contributed by atoms with Gasteiger partial charge in [-0.1, -0.05) is 12.1 Å². The molecule has 0 atom stereocenters. The van der Waals surface area contributed by atoms with Crippen LogP contribution in [0.4, 0.5) is 17.1 Å². The summed E-state index contributed by atoms with van der Waals surface area (Å²) >= 11 is 0. The summed E-state index contributed by atoms with van der Waals surface area (Å²) in [6.45, 7) is 1.65. The fourth-order valence-corrected chi connectivity index (χ4v) is 4.13. The maximum Gasteiger partial charge on any atom is 0.296 e. The lowest BCUT2D eigenvalue weighted by Gasteiger charge is -2.09. The summed E-state index contributed by atoms with van der Waals surface area (Å²) in [4.78, 5) is -0.508. The molecule has 0 spiro atoms. The molecule has 3 aromatic rings. The smallest absolute Gasteiger partial charge is 0.296 e. The molecule has 0 radical (unpaired) electrons. The van der Waals surface area contributed by atoms with Gasteiger partial charge in [-0.2, -0.15) is 8.42 Å². The van der Waals surface area contributed by atoms with Crippen molar-refractivity contribution in [2.75, 3.05) is 12.0 Å². The Morgan fingerprint density at radius 2 is 1.66 bits per heavy atom. The average Bonchev–Trinajstić information content (AvgIpc) is 2.60. The van der Waals surface area contributed by atoms with Gasteiger partial charge < -0.3 is 10.8 Å². The number of hydrogen-bond acceptors (Lipinski definition) is 8. The minimum absolute atomic E-state index is 0.0295. The van der Waals surface area contributed by atoms with Crippen LogP contribution >= 0.6 is 0 Å². The summed E-state index contributed by atoms with van der Waals surface area (Å²) in [7, 11) is -8.11. The summed E-state index contributed by atoms with van der Waals surface area (Å²) in [6, 6.07) is 9.61. The SMILES string of the molecule is Cc1ccc(N=Nc2c(N)ccc3cc(S(C)(=O)=O)cc(O)c23)c(S(=O)(=O)O)c1. The summed E-state index contributed by atoms with van der Waals surface area (Å²) < 4.78 is 56.2. The molecule has 11 heteroatoms. The van der Waals surface area contributed by atoms with Gasteiger partial charge in [-0.15, -0.1) is 10.2 Å². The molecule has 0 saturated heterocycles. The molecule has 9 nitrogen and oxygen atoms in total. The summed E-state index contributed by atoms with van der Waals surface area (Å²) in [5.74, 6) is -0.372. The third-order valence-corrected chi connectivity index (χ3v) is 6.13. The molecule has 0 heterocycles. The molecule has 0 aliphatic rings. The molecule has 0 amide bonds. The number of aryl methyl sites for hydroxylation is 1.